The molecule has 1 aliphatic rings. The topological polar surface area (TPSA) is 41.9 Å². The van der Waals surface area contributed by atoms with E-state index in [4.69, 9.17) is 4.74 Å². The maximum absolute atomic E-state index is 13.0. The molecule has 0 unspecified atom stereocenters. The number of amides is 1. The van der Waals surface area contributed by atoms with Gasteiger partial charge in [-0.1, -0.05) is 64.0 Å². The van der Waals surface area contributed by atoms with E-state index in [1.807, 2.05) is 61.5 Å². The summed E-state index contributed by atoms with van der Waals surface area (Å²) >= 11 is 3.52. The average Bonchev–Trinajstić information content (AvgIpc) is 3.03. The predicted octanol–water partition coefficient (Wildman–Crippen LogP) is 6.14. The number of hydrogen-bond donors (Lipinski definition) is 0. The summed E-state index contributed by atoms with van der Waals surface area (Å²) in [7, 11) is 0. The summed E-state index contributed by atoms with van der Waals surface area (Å²) in [6.07, 6.45) is 1.85. The standard InChI is InChI=1S/C25H21BrN2O2/c1-17-8-10-19(11-9-17)16-30-24-13-12-21(26)14-20(24)15-23-18(2)27-28(25(23)29)22-6-4-3-5-7-22/h3-15H,16H2,1-2H3/b23-15+. The highest BCUT2D eigenvalue weighted by molar-refractivity contribution is 9.10. The van der Waals surface area contributed by atoms with Crippen molar-refractivity contribution >= 4 is 39.3 Å². The lowest BCUT2D eigenvalue weighted by Gasteiger charge is -2.12. The molecule has 30 heavy (non-hydrogen) atoms. The van der Waals surface area contributed by atoms with Crippen molar-refractivity contribution in [2.24, 2.45) is 5.10 Å². The van der Waals surface area contributed by atoms with Gasteiger partial charge in [0.05, 0.1) is 17.0 Å². The first-order valence-corrected chi connectivity index (χ1v) is 10.5. The zero-order chi connectivity index (χ0) is 21.1. The van der Waals surface area contributed by atoms with Crippen molar-refractivity contribution in [2.75, 3.05) is 5.01 Å². The van der Waals surface area contributed by atoms with Gasteiger partial charge >= 0.3 is 0 Å². The fourth-order valence-corrected chi connectivity index (χ4v) is 3.57. The molecule has 0 spiro atoms. The number of carbonyl (C=O) groups is 1. The van der Waals surface area contributed by atoms with E-state index in [0.29, 0.717) is 23.6 Å². The number of halogens is 1. The number of para-hydroxylation sites is 1. The number of anilines is 1. The summed E-state index contributed by atoms with van der Waals surface area (Å²) in [5.41, 5.74) is 5.10. The van der Waals surface area contributed by atoms with Gasteiger partial charge in [-0.25, -0.2) is 0 Å². The van der Waals surface area contributed by atoms with Crippen LogP contribution in [0.3, 0.4) is 0 Å². The molecule has 0 N–H and O–H groups in total. The first kappa shape index (κ1) is 20.1. The Kier molecular flexibility index (Phi) is 5.81. The van der Waals surface area contributed by atoms with E-state index in [9.17, 15) is 4.79 Å². The van der Waals surface area contributed by atoms with Crippen LogP contribution in [-0.2, 0) is 11.4 Å². The van der Waals surface area contributed by atoms with Crippen molar-refractivity contribution in [1.82, 2.24) is 0 Å². The SMILES string of the molecule is CC1=NN(c2ccccc2)C(=O)/C1=C/c1cc(Br)ccc1OCc1ccc(C)cc1. The minimum Gasteiger partial charge on any atom is -0.488 e. The van der Waals surface area contributed by atoms with Gasteiger partial charge in [0, 0.05) is 10.0 Å². The zero-order valence-electron chi connectivity index (χ0n) is 16.8. The van der Waals surface area contributed by atoms with Crippen molar-refractivity contribution < 1.29 is 9.53 Å². The Morgan fingerprint density at radius 3 is 2.47 bits per heavy atom. The van der Waals surface area contributed by atoms with Crippen LogP contribution >= 0.6 is 15.9 Å². The van der Waals surface area contributed by atoms with Crippen LogP contribution in [0.4, 0.5) is 5.69 Å². The van der Waals surface area contributed by atoms with Crippen molar-refractivity contribution in [3.8, 4) is 5.75 Å². The monoisotopic (exact) mass is 460 g/mol. The molecule has 0 bridgehead atoms. The van der Waals surface area contributed by atoms with Gasteiger partial charge in [-0.15, -0.1) is 0 Å². The second kappa shape index (κ2) is 8.67. The van der Waals surface area contributed by atoms with E-state index in [-0.39, 0.29) is 5.91 Å². The van der Waals surface area contributed by atoms with E-state index >= 15 is 0 Å². The van der Waals surface area contributed by atoms with Crippen LogP contribution in [-0.4, -0.2) is 11.6 Å². The average molecular weight is 461 g/mol. The number of nitrogens with zero attached hydrogens (tertiary/aromatic N) is 2. The number of aryl methyl sites for hydroxylation is 1. The van der Waals surface area contributed by atoms with E-state index in [2.05, 4.69) is 52.2 Å². The third kappa shape index (κ3) is 4.36. The number of carbonyl (C=O) groups excluding carboxylic acids is 1. The minimum atomic E-state index is -0.150. The lowest BCUT2D eigenvalue weighted by molar-refractivity contribution is -0.114. The molecule has 3 aromatic carbocycles. The van der Waals surface area contributed by atoms with Gasteiger partial charge in [-0.2, -0.15) is 10.1 Å². The fourth-order valence-electron chi connectivity index (χ4n) is 3.19. The number of hydrazone groups is 1. The van der Waals surface area contributed by atoms with Gasteiger partial charge < -0.3 is 4.74 Å². The van der Waals surface area contributed by atoms with Crippen LogP contribution in [0.5, 0.6) is 5.75 Å². The molecule has 0 fully saturated rings. The highest BCUT2D eigenvalue weighted by Crippen LogP contribution is 2.30. The molecule has 1 amide bonds. The van der Waals surface area contributed by atoms with Gasteiger partial charge in [0.25, 0.3) is 5.91 Å². The fraction of sp³-hybridized carbons (Fsp3) is 0.120. The van der Waals surface area contributed by atoms with Crippen LogP contribution in [0.25, 0.3) is 6.08 Å². The Bertz CT molecular complexity index is 1140. The number of hydrogen-bond acceptors (Lipinski definition) is 3. The van der Waals surface area contributed by atoms with Gasteiger partial charge in [-0.3, -0.25) is 4.79 Å². The molecule has 5 heteroatoms. The second-order valence-corrected chi connectivity index (χ2v) is 8.07. The summed E-state index contributed by atoms with van der Waals surface area (Å²) in [5.74, 6) is 0.563. The molecule has 0 aliphatic carbocycles. The van der Waals surface area contributed by atoms with E-state index in [0.717, 1.165) is 21.3 Å². The Hall–Kier alpha value is -3.18. The number of rotatable bonds is 5. The summed E-state index contributed by atoms with van der Waals surface area (Å²) < 4.78 is 6.99. The smallest absolute Gasteiger partial charge is 0.280 e. The van der Waals surface area contributed by atoms with Gasteiger partial charge in [-0.05, 0) is 55.8 Å². The van der Waals surface area contributed by atoms with Crippen LogP contribution in [0.15, 0.2) is 87.9 Å². The molecule has 1 heterocycles. The van der Waals surface area contributed by atoms with Crippen LogP contribution in [0, 0.1) is 6.92 Å². The van der Waals surface area contributed by atoms with E-state index in [1.54, 1.807) is 0 Å². The molecule has 0 radical (unpaired) electrons. The molecule has 4 rings (SSSR count). The summed E-state index contributed by atoms with van der Waals surface area (Å²) in [5, 5.41) is 5.89. The molecule has 0 aromatic heterocycles. The molecule has 3 aromatic rings. The summed E-state index contributed by atoms with van der Waals surface area (Å²) in [6.45, 7) is 4.36. The minimum absolute atomic E-state index is 0.150. The normalized spacial score (nSPS) is 14.9. The molecule has 150 valence electrons. The lowest BCUT2D eigenvalue weighted by Crippen LogP contribution is -2.21. The highest BCUT2D eigenvalue weighted by atomic mass is 79.9. The maximum Gasteiger partial charge on any atom is 0.280 e. The van der Waals surface area contributed by atoms with E-state index < -0.39 is 0 Å². The molecular formula is C25H21BrN2O2. The number of benzene rings is 3. The summed E-state index contributed by atoms with van der Waals surface area (Å²) in [6, 6.07) is 23.5. The Balaban J connectivity index is 1.61. The molecule has 0 atom stereocenters. The first-order valence-electron chi connectivity index (χ1n) is 9.66. The maximum atomic E-state index is 13.0. The second-order valence-electron chi connectivity index (χ2n) is 7.15. The largest absolute Gasteiger partial charge is 0.488 e. The number of ether oxygens (including phenoxy) is 1. The molecule has 0 saturated heterocycles. The Morgan fingerprint density at radius 1 is 1.00 bits per heavy atom. The zero-order valence-corrected chi connectivity index (χ0v) is 18.4. The van der Waals surface area contributed by atoms with Crippen molar-refractivity contribution in [3.63, 3.8) is 0 Å². The molecular weight excluding hydrogens is 440 g/mol. The Labute approximate surface area is 184 Å². The van der Waals surface area contributed by atoms with Crippen molar-refractivity contribution in [1.29, 1.82) is 0 Å². The van der Waals surface area contributed by atoms with Crippen molar-refractivity contribution in [2.45, 2.75) is 20.5 Å². The third-order valence-corrected chi connectivity index (χ3v) is 5.34. The quantitative estimate of drug-likeness (QED) is 0.428. The third-order valence-electron chi connectivity index (χ3n) is 4.85. The molecule has 1 aliphatic heterocycles. The van der Waals surface area contributed by atoms with Crippen molar-refractivity contribution in [3.05, 3.63) is 99.5 Å². The van der Waals surface area contributed by atoms with Gasteiger partial charge in [0.1, 0.15) is 12.4 Å². The predicted molar refractivity (Wildman–Crippen MR) is 125 cm³/mol. The highest BCUT2D eigenvalue weighted by Gasteiger charge is 2.28. The lowest BCUT2D eigenvalue weighted by atomic mass is 10.1. The van der Waals surface area contributed by atoms with Crippen LogP contribution in [0.2, 0.25) is 0 Å². The molecule has 4 nitrogen and oxygen atoms in total. The Morgan fingerprint density at radius 2 is 1.73 bits per heavy atom. The van der Waals surface area contributed by atoms with Gasteiger partial charge in [0.15, 0.2) is 0 Å². The van der Waals surface area contributed by atoms with Crippen LogP contribution < -0.4 is 9.75 Å². The van der Waals surface area contributed by atoms with Gasteiger partial charge in [0.2, 0.25) is 0 Å². The molecule has 0 saturated carbocycles. The first-order chi connectivity index (χ1) is 14.5. The summed E-state index contributed by atoms with van der Waals surface area (Å²) in [4.78, 5) is 13.0. The van der Waals surface area contributed by atoms with Crippen LogP contribution in [0.1, 0.15) is 23.6 Å². The van der Waals surface area contributed by atoms with E-state index in [1.165, 1.54) is 10.6 Å².